The second-order valence-corrected chi connectivity index (χ2v) is 4.47. The molecule has 0 spiro atoms. The van der Waals surface area contributed by atoms with Crippen molar-refractivity contribution in [3.63, 3.8) is 0 Å². The van der Waals surface area contributed by atoms with Gasteiger partial charge in [0.25, 0.3) is 0 Å². The first-order chi connectivity index (χ1) is 9.76. The molecule has 20 heavy (non-hydrogen) atoms. The van der Waals surface area contributed by atoms with Crippen molar-refractivity contribution in [2.45, 2.75) is 40.0 Å². The van der Waals surface area contributed by atoms with Crippen LogP contribution < -0.4 is 0 Å². The molecule has 0 saturated carbocycles. The fourth-order valence-corrected chi connectivity index (χ4v) is 2.10. The third-order valence-electron chi connectivity index (χ3n) is 3.01. The number of aryl methyl sites for hydroxylation is 3. The predicted molar refractivity (Wildman–Crippen MR) is 78.7 cm³/mol. The van der Waals surface area contributed by atoms with Crippen LogP contribution in [0.15, 0.2) is 40.8 Å². The van der Waals surface area contributed by atoms with Crippen LogP contribution in [0.5, 0.6) is 0 Å². The second kappa shape index (κ2) is 9.49. The summed E-state index contributed by atoms with van der Waals surface area (Å²) in [7, 11) is 0. The summed E-state index contributed by atoms with van der Waals surface area (Å²) in [5, 5.41) is 0. The van der Waals surface area contributed by atoms with E-state index in [0.29, 0.717) is 0 Å². The Bertz CT molecular complexity index is 504. The Hall–Kier alpha value is -1.41. The molecule has 0 N–H and O–H groups in total. The van der Waals surface area contributed by atoms with Gasteiger partial charge in [-0.1, -0.05) is 6.92 Å². The zero-order valence-electron chi connectivity index (χ0n) is 12.2. The molecule has 110 valence electrons. The van der Waals surface area contributed by atoms with Crippen molar-refractivity contribution in [3.8, 4) is 0 Å². The standard InChI is InChI=1S/C10H13N.C6H8N2.Ni/c1-3-8-6-5-7-9(4-2)10(8)11;1-2-6-5-7-3-4-8-6;/h5-7H,3-4H2,1-2H3;3-5H,2H2,1H3;. The van der Waals surface area contributed by atoms with E-state index in [0.717, 1.165) is 30.6 Å². The Labute approximate surface area is 129 Å². The third kappa shape index (κ3) is 4.94. The summed E-state index contributed by atoms with van der Waals surface area (Å²) in [5.74, 6) is 0. The topological polar surface area (TPSA) is 38.1 Å². The quantitative estimate of drug-likeness (QED) is 0.793. The summed E-state index contributed by atoms with van der Waals surface area (Å²) in [5.41, 5.74) is 4.61. The van der Waals surface area contributed by atoms with E-state index in [9.17, 15) is 0 Å². The smallest absolute Gasteiger partial charge is 0.0583 e. The molecule has 0 aliphatic heterocycles. The molecule has 4 heteroatoms. The second-order valence-electron chi connectivity index (χ2n) is 4.25. The van der Waals surface area contributed by atoms with Crippen LogP contribution in [0.25, 0.3) is 0 Å². The van der Waals surface area contributed by atoms with Gasteiger partial charge in [-0.3, -0.25) is 9.97 Å². The molecule has 0 atom stereocenters. The van der Waals surface area contributed by atoms with Gasteiger partial charge in [-0.05, 0) is 6.42 Å². The van der Waals surface area contributed by atoms with E-state index < -0.39 is 0 Å². The van der Waals surface area contributed by atoms with Crippen molar-refractivity contribution in [3.05, 3.63) is 53.6 Å². The van der Waals surface area contributed by atoms with Crippen LogP contribution in [-0.4, -0.2) is 9.97 Å². The van der Waals surface area contributed by atoms with Gasteiger partial charge in [-0.2, -0.15) is 0 Å². The van der Waals surface area contributed by atoms with Gasteiger partial charge in [0.1, 0.15) is 0 Å². The minimum Gasteiger partial charge on any atom is -0.261 e. The molecular formula is C16H21N3Ni. The molecule has 1 aromatic heterocycles. The Kier molecular flexibility index (Phi) is 7.90. The predicted octanol–water partition coefficient (Wildman–Crippen LogP) is 4.21. The van der Waals surface area contributed by atoms with Crippen molar-refractivity contribution in [2.24, 2.45) is 4.03 Å². The van der Waals surface area contributed by atoms with Gasteiger partial charge in [0.15, 0.2) is 0 Å². The van der Waals surface area contributed by atoms with E-state index >= 15 is 0 Å². The molecule has 0 unspecified atom stereocenters. The van der Waals surface area contributed by atoms with Crippen molar-refractivity contribution in [2.75, 3.05) is 0 Å². The molecule has 0 fully saturated rings. The number of nitrogens with zero attached hydrogens (tertiary/aromatic N) is 3. The normalized spacial score (nSPS) is 9.65. The van der Waals surface area contributed by atoms with Gasteiger partial charge in [0.05, 0.1) is 5.69 Å². The zero-order chi connectivity index (χ0) is 14.8. The van der Waals surface area contributed by atoms with Crippen molar-refractivity contribution in [1.82, 2.24) is 9.97 Å². The maximum absolute atomic E-state index is 4.46. The van der Waals surface area contributed by atoms with Gasteiger partial charge in [-0.25, -0.2) is 0 Å². The van der Waals surface area contributed by atoms with Gasteiger partial charge < -0.3 is 0 Å². The fourth-order valence-electron chi connectivity index (χ4n) is 1.82. The van der Waals surface area contributed by atoms with E-state index in [1.807, 2.05) is 0 Å². The molecule has 0 bridgehead atoms. The van der Waals surface area contributed by atoms with E-state index in [1.165, 1.54) is 11.1 Å². The summed E-state index contributed by atoms with van der Waals surface area (Å²) in [6, 6.07) is 6.26. The first kappa shape index (κ1) is 16.6. The average molecular weight is 314 g/mol. The number of aromatic nitrogens is 2. The van der Waals surface area contributed by atoms with E-state index in [-0.39, 0.29) is 0 Å². The minimum atomic E-state index is 0.966. The number of benzene rings is 1. The van der Waals surface area contributed by atoms with Crippen LogP contribution in [0, 0.1) is 0 Å². The number of hydrogen-bond donors (Lipinski definition) is 0. The number of rotatable bonds is 4. The van der Waals surface area contributed by atoms with E-state index in [4.69, 9.17) is 0 Å². The van der Waals surface area contributed by atoms with Crippen molar-refractivity contribution < 1.29 is 15.3 Å². The molecule has 0 aliphatic rings. The minimum absolute atomic E-state index is 0.966. The van der Waals surface area contributed by atoms with Crippen LogP contribution in [-0.2, 0) is 34.5 Å². The Morgan fingerprint density at radius 2 is 1.65 bits per heavy atom. The Balaban J connectivity index is 0.000000217. The molecule has 2 rings (SSSR count). The molecule has 0 saturated heterocycles. The summed E-state index contributed by atoms with van der Waals surface area (Å²) in [6.45, 7) is 6.32. The van der Waals surface area contributed by atoms with Crippen LogP contribution in [0.1, 0.15) is 37.6 Å². The average Bonchev–Trinajstić information content (AvgIpc) is 2.55. The molecule has 2 aromatic rings. The van der Waals surface area contributed by atoms with Crippen LogP contribution in [0.2, 0.25) is 0 Å². The Morgan fingerprint density at radius 1 is 1.00 bits per heavy atom. The van der Waals surface area contributed by atoms with Gasteiger partial charge >= 0.3 is 81.0 Å². The molecule has 1 aromatic carbocycles. The summed E-state index contributed by atoms with van der Waals surface area (Å²) < 4.78 is 3.94. The monoisotopic (exact) mass is 313 g/mol. The van der Waals surface area contributed by atoms with E-state index in [2.05, 4.69) is 68.2 Å². The SMILES string of the molecule is CCc1cccc(CC)c1[N]=[Ni].CCc1cnccn1. The van der Waals surface area contributed by atoms with E-state index in [1.54, 1.807) is 18.6 Å². The van der Waals surface area contributed by atoms with Crippen LogP contribution >= 0.6 is 0 Å². The molecule has 3 nitrogen and oxygen atoms in total. The maximum Gasteiger partial charge on any atom is 0.0583 e. The molecule has 0 aliphatic carbocycles. The van der Waals surface area contributed by atoms with Crippen molar-refractivity contribution >= 4 is 5.69 Å². The maximum atomic E-state index is 4.46. The molecule has 1 heterocycles. The fraction of sp³-hybridized carbons (Fsp3) is 0.375. The first-order valence-corrected chi connectivity index (χ1v) is 7.35. The zero-order valence-corrected chi connectivity index (χ0v) is 13.2. The number of hydrogen-bond acceptors (Lipinski definition) is 3. The van der Waals surface area contributed by atoms with Gasteiger partial charge in [0, 0.05) is 18.6 Å². The molecule has 0 amide bonds. The first-order valence-electron chi connectivity index (χ1n) is 6.91. The summed E-state index contributed by atoms with van der Waals surface area (Å²) in [4.78, 5) is 7.93. The van der Waals surface area contributed by atoms with Crippen LogP contribution in [0.3, 0.4) is 0 Å². The molecule has 0 radical (unpaired) electrons. The van der Waals surface area contributed by atoms with Gasteiger partial charge in [-0.15, -0.1) is 0 Å². The van der Waals surface area contributed by atoms with Gasteiger partial charge in [0.2, 0.25) is 0 Å². The summed E-state index contributed by atoms with van der Waals surface area (Å²) >= 11 is 4.46. The molecular weight excluding hydrogens is 293 g/mol. The van der Waals surface area contributed by atoms with Crippen molar-refractivity contribution in [1.29, 1.82) is 0 Å². The summed E-state index contributed by atoms with van der Waals surface area (Å²) in [6.07, 6.45) is 8.15. The third-order valence-corrected chi connectivity index (χ3v) is 3.24. The Morgan fingerprint density at radius 3 is 2.00 bits per heavy atom. The largest absolute Gasteiger partial charge is 0.261 e. The van der Waals surface area contributed by atoms with Crippen LogP contribution in [0.4, 0.5) is 5.69 Å².